The predicted molar refractivity (Wildman–Crippen MR) is 65.2 cm³/mol. The third-order valence-electron chi connectivity index (χ3n) is 1.98. The second-order valence-corrected chi connectivity index (χ2v) is 4.32. The van der Waals surface area contributed by atoms with E-state index in [9.17, 15) is 4.39 Å². The van der Waals surface area contributed by atoms with Crippen LogP contribution < -0.4 is 11.1 Å². The van der Waals surface area contributed by atoms with Crippen molar-refractivity contribution in [2.45, 2.75) is 19.4 Å². The average molecular weight is 290 g/mol. The van der Waals surface area contributed by atoms with Crippen LogP contribution in [0, 0.1) is 5.82 Å². The molecule has 16 heavy (non-hydrogen) atoms. The van der Waals surface area contributed by atoms with Gasteiger partial charge < -0.3 is 16.3 Å². The molecule has 0 amide bonds. The quantitative estimate of drug-likeness (QED) is 0.345. The third kappa shape index (κ3) is 3.69. The van der Waals surface area contributed by atoms with Crippen LogP contribution in [0.25, 0.3) is 0 Å². The van der Waals surface area contributed by atoms with Gasteiger partial charge in [-0.15, -0.1) is 0 Å². The van der Waals surface area contributed by atoms with Crippen LogP contribution in [-0.4, -0.2) is 17.1 Å². The Balaban J connectivity index is 2.63. The minimum atomic E-state index is -0.311. The molecule has 88 valence electrons. The van der Waals surface area contributed by atoms with E-state index >= 15 is 0 Å². The number of nitrogens with two attached hydrogens (primary N) is 1. The van der Waals surface area contributed by atoms with Crippen molar-refractivity contribution in [3.8, 4) is 0 Å². The van der Waals surface area contributed by atoms with Crippen molar-refractivity contribution in [1.82, 2.24) is 0 Å². The summed E-state index contributed by atoms with van der Waals surface area (Å²) in [6.45, 7) is 1.88. The van der Waals surface area contributed by atoms with Crippen LogP contribution in [0.2, 0.25) is 0 Å². The molecule has 1 aromatic carbocycles. The molecule has 1 rings (SSSR count). The molecule has 4 nitrogen and oxygen atoms in total. The Morgan fingerprint density at radius 3 is 2.94 bits per heavy atom. The first-order valence-corrected chi connectivity index (χ1v) is 5.50. The number of oxime groups is 1. The van der Waals surface area contributed by atoms with Gasteiger partial charge in [-0.05, 0) is 41.1 Å². The molecule has 0 aromatic heterocycles. The van der Waals surface area contributed by atoms with Crippen molar-refractivity contribution in [2.24, 2.45) is 10.9 Å². The number of hydrogen-bond acceptors (Lipinski definition) is 3. The molecule has 0 saturated carbocycles. The molecule has 0 aliphatic rings. The number of benzene rings is 1. The molecule has 0 bridgehead atoms. The van der Waals surface area contributed by atoms with Gasteiger partial charge in [0.2, 0.25) is 0 Å². The Labute approximate surface area is 101 Å². The van der Waals surface area contributed by atoms with Crippen LogP contribution in [-0.2, 0) is 0 Å². The van der Waals surface area contributed by atoms with Crippen LogP contribution in [0.5, 0.6) is 0 Å². The van der Waals surface area contributed by atoms with Crippen molar-refractivity contribution in [3.05, 3.63) is 28.5 Å². The number of amidine groups is 1. The minimum absolute atomic E-state index is 0.00624. The first kappa shape index (κ1) is 12.8. The average Bonchev–Trinajstić information content (AvgIpc) is 2.23. The van der Waals surface area contributed by atoms with E-state index in [2.05, 4.69) is 26.4 Å². The molecule has 0 fully saturated rings. The highest BCUT2D eigenvalue weighted by Gasteiger charge is 2.06. The predicted octanol–water partition coefficient (Wildman–Crippen LogP) is 2.53. The molecular formula is C10H13BrFN3O. The molecule has 1 aromatic rings. The zero-order valence-corrected chi connectivity index (χ0v) is 10.3. The monoisotopic (exact) mass is 289 g/mol. The highest BCUT2D eigenvalue weighted by molar-refractivity contribution is 9.10. The summed E-state index contributed by atoms with van der Waals surface area (Å²) in [5.74, 6) is -0.157. The standard InChI is InChI=1S/C10H13BrFN3O/c1-6(4-10(13)15-16)14-7-2-3-9(12)8(11)5-7/h2-3,5-6,14,16H,4H2,1H3,(H2,13,15). The lowest BCUT2D eigenvalue weighted by Gasteiger charge is -2.14. The second kappa shape index (κ2) is 5.69. The number of halogens is 2. The van der Waals surface area contributed by atoms with Gasteiger partial charge in [0, 0.05) is 18.2 Å². The van der Waals surface area contributed by atoms with Crippen LogP contribution in [0.3, 0.4) is 0 Å². The van der Waals surface area contributed by atoms with Crippen LogP contribution >= 0.6 is 15.9 Å². The zero-order valence-electron chi connectivity index (χ0n) is 8.74. The SMILES string of the molecule is CC(C/C(N)=N/O)Nc1ccc(F)c(Br)c1. The van der Waals surface area contributed by atoms with Crippen molar-refractivity contribution >= 4 is 27.5 Å². The van der Waals surface area contributed by atoms with E-state index in [1.807, 2.05) is 6.92 Å². The highest BCUT2D eigenvalue weighted by atomic mass is 79.9. The molecule has 1 atom stereocenters. The molecule has 0 heterocycles. The fourth-order valence-corrected chi connectivity index (χ4v) is 1.65. The summed E-state index contributed by atoms with van der Waals surface area (Å²) >= 11 is 3.10. The first-order chi connectivity index (χ1) is 7.52. The Morgan fingerprint density at radius 2 is 2.38 bits per heavy atom. The Morgan fingerprint density at radius 1 is 1.69 bits per heavy atom. The van der Waals surface area contributed by atoms with Gasteiger partial charge in [-0.3, -0.25) is 0 Å². The minimum Gasteiger partial charge on any atom is -0.409 e. The summed E-state index contributed by atoms with van der Waals surface area (Å²) < 4.78 is 13.4. The third-order valence-corrected chi connectivity index (χ3v) is 2.58. The molecule has 0 spiro atoms. The van der Waals surface area contributed by atoms with Crippen molar-refractivity contribution in [2.75, 3.05) is 5.32 Å². The van der Waals surface area contributed by atoms with Gasteiger partial charge in [-0.25, -0.2) is 4.39 Å². The van der Waals surface area contributed by atoms with Gasteiger partial charge >= 0.3 is 0 Å². The summed E-state index contributed by atoms with van der Waals surface area (Å²) in [5, 5.41) is 14.4. The van der Waals surface area contributed by atoms with Crippen LogP contribution in [0.1, 0.15) is 13.3 Å². The van der Waals surface area contributed by atoms with E-state index in [4.69, 9.17) is 10.9 Å². The van der Waals surface area contributed by atoms with Gasteiger partial charge in [-0.2, -0.15) is 0 Å². The Hall–Kier alpha value is -1.30. The number of nitrogens with zero attached hydrogens (tertiary/aromatic N) is 1. The van der Waals surface area contributed by atoms with Crippen LogP contribution in [0.15, 0.2) is 27.8 Å². The van der Waals surface area contributed by atoms with Gasteiger partial charge in [0.05, 0.1) is 4.47 Å². The lowest BCUT2D eigenvalue weighted by molar-refractivity contribution is 0.316. The molecule has 6 heteroatoms. The molecular weight excluding hydrogens is 277 g/mol. The Kier molecular flexibility index (Phi) is 4.54. The summed E-state index contributed by atoms with van der Waals surface area (Å²) in [6.07, 6.45) is 0.408. The second-order valence-electron chi connectivity index (χ2n) is 3.47. The van der Waals surface area contributed by atoms with Gasteiger partial charge in [0.25, 0.3) is 0 Å². The summed E-state index contributed by atoms with van der Waals surface area (Å²) in [4.78, 5) is 0. The Bertz CT molecular complexity index is 398. The van der Waals surface area contributed by atoms with Crippen molar-refractivity contribution in [3.63, 3.8) is 0 Å². The maximum atomic E-state index is 13.0. The fourth-order valence-electron chi connectivity index (χ4n) is 1.28. The van der Waals surface area contributed by atoms with Crippen LogP contribution in [0.4, 0.5) is 10.1 Å². The molecule has 0 radical (unpaired) electrons. The van der Waals surface area contributed by atoms with Gasteiger partial charge in [0.1, 0.15) is 11.7 Å². The van der Waals surface area contributed by atoms with E-state index in [1.165, 1.54) is 6.07 Å². The molecule has 0 saturated heterocycles. The number of nitrogens with one attached hydrogen (secondary N) is 1. The zero-order chi connectivity index (χ0) is 12.1. The van der Waals surface area contributed by atoms with Gasteiger partial charge in [0.15, 0.2) is 0 Å². The van der Waals surface area contributed by atoms with Crippen molar-refractivity contribution < 1.29 is 9.60 Å². The van der Waals surface area contributed by atoms with E-state index in [0.717, 1.165) is 5.69 Å². The number of hydrogen-bond donors (Lipinski definition) is 3. The van der Waals surface area contributed by atoms with Gasteiger partial charge in [-0.1, -0.05) is 5.16 Å². The van der Waals surface area contributed by atoms with E-state index < -0.39 is 0 Å². The normalized spacial score (nSPS) is 13.6. The summed E-state index contributed by atoms with van der Waals surface area (Å²) in [7, 11) is 0. The fraction of sp³-hybridized carbons (Fsp3) is 0.300. The van der Waals surface area contributed by atoms with E-state index in [-0.39, 0.29) is 17.7 Å². The maximum Gasteiger partial charge on any atom is 0.141 e. The van der Waals surface area contributed by atoms with Crippen molar-refractivity contribution in [1.29, 1.82) is 0 Å². The largest absolute Gasteiger partial charge is 0.409 e. The number of rotatable bonds is 4. The molecule has 0 aliphatic heterocycles. The summed E-state index contributed by atoms with van der Waals surface area (Å²) in [6, 6.07) is 4.62. The highest BCUT2D eigenvalue weighted by Crippen LogP contribution is 2.20. The van der Waals surface area contributed by atoms with E-state index in [1.54, 1.807) is 12.1 Å². The number of anilines is 1. The lowest BCUT2D eigenvalue weighted by Crippen LogP contribution is -2.24. The smallest absolute Gasteiger partial charge is 0.141 e. The molecule has 0 aliphatic carbocycles. The summed E-state index contributed by atoms with van der Waals surface area (Å²) in [5.41, 5.74) is 6.14. The maximum absolute atomic E-state index is 13.0. The molecule has 1 unspecified atom stereocenters. The van der Waals surface area contributed by atoms with E-state index in [0.29, 0.717) is 10.9 Å². The molecule has 4 N–H and O–H groups in total. The topological polar surface area (TPSA) is 70.6 Å². The first-order valence-electron chi connectivity index (χ1n) is 4.71. The lowest BCUT2D eigenvalue weighted by atomic mass is 10.2.